The lowest BCUT2D eigenvalue weighted by Gasteiger charge is -2.34. The standard InChI is InChI=1S/C20H33NO9S2/c1-16-20(2,7-4-14-31(22,23)24)18-15-17(32(25,26)27)5-6-19(18)21(16)8-9-29-12-13-30-11-10-28-3/h5-6,15-16H,4,7-14H2,1-3H3,(H,22,23,24)(H,25,26,27). The van der Waals surface area contributed by atoms with Crippen molar-refractivity contribution in [1.82, 2.24) is 0 Å². The van der Waals surface area contributed by atoms with Gasteiger partial charge in [-0.15, -0.1) is 0 Å². The first-order valence-corrected chi connectivity index (χ1v) is 13.4. The minimum absolute atomic E-state index is 0.0999. The van der Waals surface area contributed by atoms with Gasteiger partial charge in [-0.1, -0.05) is 6.92 Å². The lowest BCUT2D eigenvalue weighted by Crippen LogP contribution is -2.42. The Morgan fingerprint density at radius 2 is 1.66 bits per heavy atom. The van der Waals surface area contributed by atoms with Crippen LogP contribution in [0.2, 0.25) is 0 Å². The Balaban J connectivity index is 2.14. The fourth-order valence-electron chi connectivity index (χ4n) is 4.07. The summed E-state index contributed by atoms with van der Waals surface area (Å²) in [5, 5.41) is 0. The predicted octanol–water partition coefficient (Wildman–Crippen LogP) is 1.75. The Labute approximate surface area is 190 Å². The van der Waals surface area contributed by atoms with Crippen LogP contribution in [0.1, 0.15) is 32.3 Å². The van der Waals surface area contributed by atoms with Crippen LogP contribution < -0.4 is 4.90 Å². The Kier molecular flexibility index (Phi) is 9.46. The number of rotatable bonds is 14. The van der Waals surface area contributed by atoms with E-state index in [1.807, 2.05) is 13.8 Å². The summed E-state index contributed by atoms with van der Waals surface area (Å²) < 4.78 is 80.2. The molecule has 0 spiro atoms. The third-order valence-electron chi connectivity index (χ3n) is 5.96. The van der Waals surface area contributed by atoms with E-state index in [2.05, 4.69) is 4.90 Å². The van der Waals surface area contributed by atoms with E-state index in [0.717, 1.165) is 5.69 Å². The summed E-state index contributed by atoms with van der Waals surface area (Å²) in [6.45, 7) is 6.74. The van der Waals surface area contributed by atoms with Gasteiger partial charge in [0.25, 0.3) is 20.2 Å². The number of ether oxygens (including phenoxy) is 3. The lowest BCUT2D eigenvalue weighted by molar-refractivity contribution is 0.0262. The summed E-state index contributed by atoms with van der Waals surface area (Å²) in [6.07, 6.45) is 0.610. The molecule has 0 aromatic heterocycles. The van der Waals surface area contributed by atoms with Crippen LogP contribution in [-0.4, -0.2) is 84.4 Å². The topological polar surface area (TPSA) is 140 Å². The van der Waals surface area contributed by atoms with Crippen molar-refractivity contribution < 1.29 is 40.2 Å². The van der Waals surface area contributed by atoms with Crippen LogP contribution in [0.3, 0.4) is 0 Å². The zero-order valence-corrected chi connectivity index (χ0v) is 20.3. The highest BCUT2D eigenvalue weighted by Crippen LogP contribution is 2.48. The van der Waals surface area contributed by atoms with E-state index in [9.17, 15) is 21.4 Å². The number of methoxy groups -OCH3 is 1. The molecular weight excluding hydrogens is 462 g/mol. The average molecular weight is 496 g/mol. The van der Waals surface area contributed by atoms with Gasteiger partial charge in [0.05, 0.1) is 43.7 Å². The predicted molar refractivity (Wildman–Crippen MR) is 120 cm³/mol. The van der Waals surface area contributed by atoms with Crippen LogP contribution in [0, 0.1) is 0 Å². The van der Waals surface area contributed by atoms with Gasteiger partial charge in [-0.2, -0.15) is 16.8 Å². The Morgan fingerprint density at radius 3 is 2.25 bits per heavy atom. The Hall–Kier alpha value is -1.28. The molecule has 1 aromatic carbocycles. The third-order valence-corrected chi connectivity index (χ3v) is 7.61. The molecule has 2 unspecified atom stereocenters. The lowest BCUT2D eigenvalue weighted by atomic mass is 9.75. The number of benzene rings is 1. The van der Waals surface area contributed by atoms with Gasteiger partial charge in [-0.05, 0) is 43.5 Å². The first kappa shape index (κ1) is 27.0. The molecular formula is C20H33NO9S2. The van der Waals surface area contributed by atoms with E-state index in [1.54, 1.807) is 13.2 Å². The monoisotopic (exact) mass is 495 g/mol. The van der Waals surface area contributed by atoms with E-state index < -0.39 is 25.7 Å². The number of fused-ring (bicyclic) bond motifs is 1. The van der Waals surface area contributed by atoms with Crippen LogP contribution in [-0.2, 0) is 39.9 Å². The van der Waals surface area contributed by atoms with Gasteiger partial charge in [-0.25, -0.2) is 0 Å². The molecule has 1 heterocycles. The normalized spacial score (nSPS) is 21.2. The van der Waals surface area contributed by atoms with E-state index in [0.29, 0.717) is 51.6 Å². The molecule has 1 aliphatic heterocycles. The molecule has 32 heavy (non-hydrogen) atoms. The number of anilines is 1. The van der Waals surface area contributed by atoms with E-state index in [-0.39, 0.29) is 23.1 Å². The molecule has 0 saturated heterocycles. The van der Waals surface area contributed by atoms with Crippen molar-refractivity contribution in [2.24, 2.45) is 0 Å². The van der Waals surface area contributed by atoms with Crippen LogP contribution in [0.5, 0.6) is 0 Å². The largest absolute Gasteiger partial charge is 0.382 e. The molecule has 0 bridgehead atoms. The second-order valence-electron chi connectivity index (χ2n) is 8.05. The highest BCUT2D eigenvalue weighted by atomic mass is 32.2. The van der Waals surface area contributed by atoms with Crippen LogP contribution in [0.4, 0.5) is 5.69 Å². The molecule has 0 aliphatic carbocycles. The minimum atomic E-state index is -4.39. The summed E-state index contributed by atoms with van der Waals surface area (Å²) in [7, 11) is -6.89. The van der Waals surface area contributed by atoms with Crippen LogP contribution in [0.15, 0.2) is 23.1 Å². The maximum atomic E-state index is 11.7. The van der Waals surface area contributed by atoms with E-state index in [1.165, 1.54) is 12.1 Å². The number of nitrogens with zero attached hydrogens (tertiary/aromatic N) is 1. The number of hydrogen-bond donors (Lipinski definition) is 2. The SMILES string of the molecule is COCCOCCOCCN1c2ccc(S(=O)(=O)O)cc2C(C)(CCCS(=O)(=O)O)C1C. The van der Waals surface area contributed by atoms with Crippen molar-refractivity contribution in [3.8, 4) is 0 Å². The molecule has 2 rings (SSSR count). The molecule has 2 atom stereocenters. The Morgan fingerprint density at radius 1 is 1.03 bits per heavy atom. The maximum Gasteiger partial charge on any atom is 0.294 e. The molecule has 0 saturated carbocycles. The zero-order valence-electron chi connectivity index (χ0n) is 18.7. The summed E-state index contributed by atoms with van der Waals surface area (Å²) in [5.74, 6) is -0.380. The fourth-order valence-corrected chi connectivity index (χ4v) is 5.08. The summed E-state index contributed by atoms with van der Waals surface area (Å²) in [4.78, 5) is 1.87. The van der Waals surface area contributed by atoms with Crippen molar-refractivity contribution in [2.75, 3.05) is 57.3 Å². The summed E-state index contributed by atoms with van der Waals surface area (Å²) >= 11 is 0. The minimum Gasteiger partial charge on any atom is -0.382 e. The second kappa shape index (κ2) is 11.2. The van der Waals surface area contributed by atoms with Crippen molar-refractivity contribution in [1.29, 1.82) is 0 Å². The van der Waals surface area contributed by atoms with Gasteiger partial charge in [-0.3, -0.25) is 9.11 Å². The van der Waals surface area contributed by atoms with Crippen molar-refractivity contribution >= 4 is 25.9 Å². The van der Waals surface area contributed by atoms with Gasteiger partial charge >= 0.3 is 0 Å². The quantitative estimate of drug-likeness (QED) is 0.290. The Bertz CT molecular complexity index is 965. The molecule has 184 valence electrons. The smallest absolute Gasteiger partial charge is 0.294 e. The van der Waals surface area contributed by atoms with Crippen molar-refractivity contribution in [3.05, 3.63) is 23.8 Å². The number of hydrogen-bond acceptors (Lipinski definition) is 8. The van der Waals surface area contributed by atoms with E-state index >= 15 is 0 Å². The molecule has 12 heteroatoms. The highest BCUT2D eigenvalue weighted by molar-refractivity contribution is 7.86. The third kappa shape index (κ3) is 7.11. The average Bonchev–Trinajstić information content (AvgIpc) is 2.89. The second-order valence-corrected chi connectivity index (χ2v) is 11.0. The zero-order chi connectivity index (χ0) is 24.0. The van der Waals surface area contributed by atoms with Crippen LogP contribution in [0.25, 0.3) is 0 Å². The first-order valence-electron chi connectivity index (χ1n) is 10.4. The van der Waals surface area contributed by atoms with Gasteiger partial charge < -0.3 is 19.1 Å². The van der Waals surface area contributed by atoms with Gasteiger partial charge in [0.15, 0.2) is 0 Å². The molecule has 1 aromatic rings. The maximum absolute atomic E-state index is 11.7. The molecule has 0 radical (unpaired) electrons. The van der Waals surface area contributed by atoms with Crippen molar-refractivity contribution in [3.63, 3.8) is 0 Å². The molecule has 10 nitrogen and oxygen atoms in total. The fraction of sp³-hybridized carbons (Fsp3) is 0.700. The van der Waals surface area contributed by atoms with Crippen molar-refractivity contribution in [2.45, 2.75) is 43.0 Å². The molecule has 0 fully saturated rings. The first-order chi connectivity index (χ1) is 14.9. The van der Waals surface area contributed by atoms with E-state index in [4.69, 9.17) is 18.8 Å². The summed E-state index contributed by atoms with van der Waals surface area (Å²) in [6, 6.07) is 4.34. The molecule has 1 aliphatic rings. The highest BCUT2D eigenvalue weighted by Gasteiger charge is 2.45. The van der Waals surface area contributed by atoms with Gasteiger partial charge in [0.1, 0.15) is 0 Å². The van der Waals surface area contributed by atoms with Gasteiger partial charge in [0.2, 0.25) is 0 Å². The van der Waals surface area contributed by atoms with Crippen LogP contribution >= 0.6 is 0 Å². The molecule has 0 amide bonds. The van der Waals surface area contributed by atoms with Gasteiger partial charge in [0, 0.05) is 30.8 Å². The molecule has 2 N–H and O–H groups in total. The summed E-state index contributed by atoms with van der Waals surface area (Å²) in [5.41, 5.74) is 0.918.